The van der Waals surface area contributed by atoms with Gasteiger partial charge in [0.2, 0.25) is 0 Å². The topological polar surface area (TPSA) is 28.2 Å². The highest BCUT2D eigenvalue weighted by atomic mass is 14.9. The largest absolute Gasteiger partial charge is 0.307 e. The SMILES string of the molecule is Cc1ccn2c(C#N)c(-c3ccccc3)c(C)c2c1. The standard InChI is InChI=1S/C17H14N2/c1-12-8-9-19-15(10-12)13(2)17(16(19)11-18)14-6-4-3-5-7-14/h3-10H,1-2H3. The van der Waals surface area contributed by atoms with Gasteiger partial charge in [0, 0.05) is 11.8 Å². The van der Waals surface area contributed by atoms with Gasteiger partial charge in [-0.15, -0.1) is 0 Å². The van der Waals surface area contributed by atoms with E-state index in [2.05, 4.69) is 38.1 Å². The van der Waals surface area contributed by atoms with Crippen LogP contribution in [0.1, 0.15) is 16.8 Å². The molecular weight excluding hydrogens is 232 g/mol. The number of pyridine rings is 1. The third-order valence-corrected chi connectivity index (χ3v) is 3.52. The summed E-state index contributed by atoms with van der Waals surface area (Å²) in [4.78, 5) is 0. The van der Waals surface area contributed by atoms with Gasteiger partial charge in [-0.25, -0.2) is 0 Å². The maximum Gasteiger partial charge on any atom is 0.133 e. The highest BCUT2D eigenvalue weighted by molar-refractivity contribution is 5.81. The van der Waals surface area contributed by atoms with E-state index in [0.717, 1.165) is 22.2 Å². The molecule has 0 fully saturated rings. The summed E-state index contributed by atoms with van der Waals surface area (Å²) in [6.45, 7) is 4.15. The van der Waals surface area contributed by atoms with Crippen LogP contribution in [0.3, 0.4) is 0 Å². The summed E-state index contributed by atoms with van der Waals surface area (Å²) < 4.78 is 1.98. The van der Waals surface area contributed by atoms with Crippen molar-refractivity contribution in [1.82, 2.24) is 4.40 Å². The van der Waals surface area contributed by atoms with Crippen LogP contribution < -0.4 is 0 Å². The lowest BCUT2D eigenvalue weighted by atomic mass is 10.0. The van der Waals surface area contributed by atoms with E-state index in [-0.39, 0.29) is 0 Å². The normalized spacial score (nSPS) is 10.6. The van der Waals surface area contributed by atoms with Gasteiger partial charge in [0.15, 0.2) is 0 Å². The minimum atomic E-state index is 0.707. The zero-order chi connectivity index (χ0) is 13.4. The molecule has 92 valence electrons. The molecule has 0 N–H and O–H groups in total. The lowest BCUT2D eigenvalue weighted by molar-refractivity contribution is 1.15. The lowest BCUT2D eigenvalue weighted by Gasteiger charge is -2.00. The summed E-state index contributed by atoms with van der Waals surface area (Å²) in [7, 11) is 0. The van der Waals surface area contributed by atoms with Crippen LogP contribution in [0.4, 0.5) is 0 Å². The van der Waals surface area contributed by atoms with Crippen LogP contribution in [0.2, 0.25) is 0 Å². The second-order valence-corrected chi connectivity index (χ2v) is 4.79. The minimum absolute atomic E-state index is 0.707. The summed E-state index contributed by atoms with van der Waals surface area (Å²) in [5, 5.41) is 9.49. The van der Waals surface area contributed by atoms with E-state index < -0.39 is 0 Å². The average molecular weight is 246 g/mol. The molecule has 0 spiro atoms. The van der Waals surface area contributed by atoms with Gasteiger partial charge in [-0.1, -0.05) is 30.3 Å². The quantitative estimate of drug-likeness (QED) is 0.635. The first-order valence-corrected chi connectivity index (χ1v) is 6.29. The molecule has 0 bridgehead atoms. The number of aromatic nitrogens is 1. The Bertz CT molecular complexity index is 789. The molecular formula is C17H14N2. The highest BCUT2D eigenvalue weighted by Crippen LogP contribution is 2.32. The number of hydrogen-bond donors (Lipinski definition) is 0. The summed E-state index contributed by atoms with van der Waals surface area (Å²) in [6, 6.07) is 16.6. The molecule has 0 aliphatic rings. The average Bonchev–Trinajstić information content (AvgIpc) is 2.72. The fraction of sp³-hybridized carbons (Fsp3) is 0.118. The van der Waals surface area contributed by atoms with Gasteiger partial charge in [0.25, 0.3) is 0 Å². The van der Waals surface area contributed by atoms with Crippen molar-refractivity contribution in [3.8, 4) is 17.2 Å². The fourth-order valence-corrected chi connectivity index (χ4v) is 2.58. The van der Waals surface area contributed by atoms with Crippen LogP contribution in [-0.4, -0.2) is 4.40 Å². The predicted molar refractivity (Wildman–Crippen MR) is 77.0 cm³/mol. The Morgan fingerprint density at radius 2 is 1.79 bits per heavy atom. The molecule has 2 heterocycles. The molecule has 0 aliphatic heterocycles. The smallest absolute Gasteiger partial charge is 0.133 e. The Balaban J connectivity index is 2.43. The maximum absolute atomic E-state index is 9.49. The van der Waals surface area contributed by atoms with Gasteiger partial charge in [-0.05, 0) is 42.7 Å². The van der Waals surface area contributed by atoms with E-state index in [4.69, 9.17) is 0 Å². The number of nitrogens with zero attached hydrogens (tertiary/aromatic N) is 2. The maximum atomic E-state index is 9.49. The van der Waals surface area contributed by atoms with E-state index in [1.165, 1.54) is 5.56 Å². The van der Waals surface area contributed by atoms with Crippen molar-refractivity contribution in [2.45, 2.75) is 13.8 Å². The van der Waals surface area contributed by atoms with Crippen molar-refractivity contribution in [1.29, 1.82) is 5.26 Å². The van der Waals surface area contributed by atoms with Crippen molar-refractivity contribution in [2.24, 2.45) is 0 Å². The van der Waals surface area contributed by atoms with Crippen LogP contribution in [0.15, 0.2) is 48.7 Å². The van der Waals surface area contributed by atoms with Crippen molar-refractivity contribution in [3.63, 3.8) is 0 Å². The number of aryl methyl sites for hydroxylation is 2. The molecule has 0 unspecified atom stereocenters. The molecule has 0 amide bonds. The monoisotopic (exact) mass is 246 g/mol. The predicted octanol–water partition coefficient (Wildman–Crippen LogP) is 4.09. The summed E-state index contributed by atoms with van der Waals surface area (Å²) >= 11 is 0. The molecule has 19 heavy (non-hydrogen) atoms. The number of benzene rings is 1. The second-order valence-electron chi connectivity index (χ2n) is 4.79. The minimum Gasteiger partial charge on any atom is -0.307 e. The molecule has 0 radical (unpaired) electrons. The van der Waals surface area contributed by atoms with Crippen LogP contribution in [-0.2, 0) is 0 Å². The van der Waals surface area contributed by atoms with Gasteiger partial charge >= 0.3 is 0 Å². The molecule has 3 aromatic rings. The number of hydrogen-bond acceptors (Lipinski definition) is 1. The Morgan fingerprint density at radius 1 is 1.05 bits per heavy atom. The van der Waals surface area contributed by atoms with Crippen LogP contribution in [0.25, 0.3) is 16.6 Å². The fourth-order valence-electron chi connectivity index (χ4n) is 2.58. The highest BCUT2D eigenvalue weighted by Gasteiger charge is 2.16. The molecule has 0 saturated carbocycles. The third-order valence-electron chi connectivity index (χ3n) is 3.52. The molecule has 3 rings (SSSR count). The summed E-state index contributed by atoms with van der Waals surface area (Å²) in [5.41, 5.74) is 6.31. The molecule has 0 saturated heterocycles. The first-order valence-electron chi connectivity index (χ1n) is 6.29. The van der Waals surface area contributed by atoms with E-state index in [0.29, 0.717) is 5.69 Å². The molecule has 0 atom stereocenters. The Hall–Kier alpha value is -2.53. The van der Waals surface area contributed by atoms with Crippen molar-refractivity contribution in [3.05, 3.63) is 65.5 Å². The van der Waals surface area contributed by atoms with Gasteiger partial charge in [0.05, 0.1) is 5.52 Å². The first kappa shape index (κ1) is 11.6. The van der Waals surface area contributed by atoms with Gasteiger partial charge in [0.1, 0.15) is 11.8 Å². The molecule has 0 aliphatic carbocycles. The van der Waals surface area contributed by atoms with Crippen LogP contribution in [0.5, 0.6) is 0 Å². The van der Waals surface area contributed by atoms with Crippen molar-refractivity contribution < 1.29 is 0 Å². The zero-order valence-electron chi connectivity index (χ0n) is 11.0. The van der Waals surface area contributed by atoms with E-state index >= 15 is 0 Å². The molecule has 1 aromatic carbocycles. The number of rotatable bonds is 1. The molecule has 2 nitrogen and oxygen atoms in total. The Labute approximate surface area is 112 Å². The second kappa shape index (κ2) is 4.29. The van der Waals surface area contributed by atoms with Gasteiger partial charge < -0.3 is 4.40 Å². The van der Waals surface area contributed by atoms with Gasteiger partial charge in [-0.3, -0.25) is 0 Å². The van der Waals surface area contributed by atoms with Crippen LogP contribution in [0, 0.1) is 25.2 Å². The van der Waals surface area contributed by atoms with E-state index in [9.17, 15) is 5.26 Å². The Kier molecular flexibility index (Phi) is 2.61. The van der Waals surface area contributed by atoms with E-state index in [1.54, 1.807) is 0 Å². The molecule has 2 heteroatoms. The molecule has 2 aromatic heterocycles. The van der Waals surface area contributed by atoms with Crippen LogP contribution >= 0.6 is 0 Å². The Morgan fingerprint density at radius 3 is 2.47 bits per heavy atom. The zero-order valence-corrected chi connectivity index (χ0v) is 11.0. The number of fused-ring (bicyclic) bond motifs is 1. The lowest BCUT2D eigenvalue weighted by Crippen LogP contribution is -1.88. The van der Waals surface area contributed by atoms with Gasteiger partial charge in [-0.2, -0.15) is 5.26 Å². The first-order chi connectivity index (χ1) is 9.22. The van der Waals surface area contributed by atoms with Crippen molar-refractivity contribution in [2.75, 3.05) is 0 Å². The van der Waals surface area contributed by atoms with Crippen molar-refractivity contribution >= 4 is 5.52 Å². The van der Waals surface area contributed by atoms with E-state index in [1.807, 2.05) is 34.9 Å². The third kappa shape index (κ3) is 1.71. The summed E-state index contributed by atoms with van der Waals surface area (Å²) in [6.07, 6.45) is 1.97. The summed E-state index contributed by atoms with van der Waals surface area (Å²) in [5.74, 6) is 0. The number of nitriles is 1.